The van der Waals surface area contributed by atoms with Crippen molar-refractivity contribution in [3.63, 3.8) is 0 Å². The lowest BCUT2D eigenvalue weighted by Crippen LogP contribution is -2.19. The van der Waals surface area contributed by atoms with Crippen LogP contribution in [0, 0.1) is 0 Å². The van der Waals surface area contributed by atoms with Crippen molar-refractivity contribution in [2.45, 2.75) is 25.8 Å². The van der Waals surface area contributed by atoms with Gasteiger partial charge >= 0.3 is 5.97 Å². The first-order valence-electron chi connectivity index (χ1n) is 6.37. The van der Waals surface area contributed by atoms with Gasteiger partial charge in [0.05, 0.1) is 13.7 Å². The van der Waals surface area contributed by atoms with Crippen molar-refractivity contribution >= 4 is 5.97 Å². The standard InChI is InChI=1S/C14H19NO4/c1-3-18-14(16)8-19-13-7-10-5-11(15)4-9(10)6-12(13)17-2/h6-7,11H,3-5,8,15H2,1-2H3. The van der Waals surface area contributed by atoms with Gasteiger partial charge in [-0.25, -0.2) is 4.79 Å². The van der Waals surface area contributed by atoms with Crippen LogP contribution in [0.1, 0.15) is 18.1 Å². The van der Waals surface area contributed by atoms with E-state index in [1.807, 2.05) is 12.1 Å². The number of nitrogens with two attached hydrogens (primary N) is 1. The van der Waals surface area contributed by atoms with E-state index in [4.69, 9.17) is 19.9 Å². The molecule has 0 spiro atoms. The molecule has 0 fully saturated rings. The lowest BCUT2D eigenvalue weighted by Gasteiger charge is -2.12. The first kappa shape index (κ1) is 13.7. The number of benzene rings is 1. The highest BCUT2D eigenvalue weighted by molar-refractivity contribution is 5.71. The second-order valence-electron chi connectivity index (χ2n) is 4.53. The molecule has 5 nitrogen and oxygen atoms in total. The monoisotopic (exact) mass is 265 g/mol. The van der Waals surface area contributed by atoms with Crippen LogP contribution in [0.15, 0.2) is 12.1 Å². The Morgan fingerprint density at radius 2 is 1.95 bits per heavy atom. The first-order chi connectivity index (χ1) is 9.13. The van der Waals surface area contributed by atoms with Crippen molar-refractivity contribution in [2.75, 3.05) is 20.3 Å². The van der Waals surface area contributed by atoms with Gasteiger partial charge < -0.3 is 19.9 Å². The molecule has 1 aliphatic carbocycles. The summed E-state index contributed by atoms with van der Waals surface area (Å²) in [6.45, 7) is 1.99. The maximum absolute atomic E-state index is 11.3. The van der Waals surface area contributed by atoms with Crippen LogP contribution in [0.2, 0.25) is 0 Å². The minimum atomic E-state index is -0.387. The van der Waals surface area contributed by atoms with Crippen LogP contribution in [0.5, 0.6) is 11.5 Å². The average molecular weight is 265 g/mol. The van der Waals surface area contributed by atoms with Crippen LogP contribution in [0.3, 0.4) is 0 Å². The molecule has 104 valence electrons. The van der Waals surface area contributed by atoms with Crippen LogP contribution < -0.4 is 15.2 Å². The van der Waals surface area contributed by atoms with Crippen LogP contribution in [0.4, 0.5) is 0 Å². The Morgan fingerprint density at radius 1 is 1.32 bits per heavy atom. The summed E-state index contributed by atoms with van der Waals surface area (Å²) in [6.07, 6.45) is 1.68. The van der Waals surface area contributed by atoms with E-state index in [1.165, 1.54) is 5.56 Å². The molecule has 19 heavy (non-hydrogen) atoms. The predicted molar refractivity (Wildman–Crippen MR) is 70.5 cm³/mol. The lowest BCUT2D eigenvalue weighted by molar-refractivity contribution is -0.145. The molecule has 1 aliphatic rings. The summed E-state index contributed by atoms with van der Waals surface area (Å²) in [6, 6.07) is 3.99. The van der Waals surface area contributed by atoms with E-state index in [-0.39, 0.29) is 18.6 Å². The van der Waals surface area contributed by atoms with Crippen molar-refractivity contribution in [2.24, 2.45) is 5.73 Å². The van der Waals surface area contributed by atoms with Crippen molar-refractivity contribution in [3.8, 4) is 11.5 Å². The zero-order chi connectivity index (χ0) is 13.8. The van der Waals surface area contributed by atoms with Crippen molar-refractivity contribution in [3.05, 3.63) is 23.3 Å². The van der Waals surface area contributed by atoms with E-state index in [9.17, 15) is 4.79 Å². The number of hydrogen-bond acceptors (Lipinski definition) is 5. The molecule has 5 heteroatoms. The quantitative estimate of drug-likeness (QED) is 0.806. The van der Waals surface area contributed by atoms with Crippen molar-refractivity contribution in [1.82, 2.24) is 0 Å². The summed E-state index contributed by atoms with van der Waals surface area (Å²) >= 11 is 0. The summed E-state index contributed by atoms with van der Waals surface area (Å²) in [7, 11) is 1.58. The van der Waals surface area contributed by atoms with Gasteiger partial charge in [-0.1, -0.05) is 0 Å². The number of ether oxygens (including phenoxy) is 3. The smallest absolute Gasteiger partial charge is 0.344 e. The summed E-state index contributed by atoms with van der Waals surface area (Å²) in [5.74, 6) is 0.794. The fraction of sp³-hybridized carbons (Fsp3) is 0.500. The Labute approximate surface area is 112 Å². The zero-order valence-corrected chi connectivity index (χ0v) is 11.3. The highest BCUT2D eigenvalue weighted by Gasteiger charge is 2.21. The number of carbonyl (C=O) groups is 1. The van der Waals surface area contributed by atoms with E-state index in [0.29, 0.717) is 18.1 Å². The minimum absolute atomic E-state index is 0.116. The number of carbonyl (C=O) groups excluding carboxylic acids is 1. The first-order valence-corrected chi connectivity index (χ1v) is 6.37. The van der Waals surface area contributed by atoms with Gasteiger partial charge in [0, 0.05) is 6.04 Å². The zero-order valence-electron chi connectivity index (χ0n) is 11.3. The average Bonchev–Trinajstić information content (AvgIpc) is 2.74. The molecule has 0 radical (unpaired) electrons. The van der Waals surface area contributed by atoms with Crippen LogP contribution in [-0.2, 0) is 22.4 Å². The minimum Gasteiger partial charge on any atom is -0.493 e. The maximum atomic E-state index is 11.3. The van der Waals surface area contributed by atoms with E-state index in [2.05, 4.69) is 0 Å². The highest BCUT2D eigenvalue weighted by atomic mass is 16.6. The molecule has 0 aliphatic heterocycles. The molecule has 0 saturated heterocycles. The molecular weight excluding hydrogens is 246 g/mol. The Kier molecular flexibility index (Phi) is 4.27. The number of esters is 1. The Bertz CT molecular complexity index is 473. The third-order valence-electron chi connectivity index (χ3n) is 3.10. The topological polar surface area (TPSA) is 70.8 Å². The molecule has 1 atom stereocenters. The molecule has 2 N–H and O–H groups in total. The molecule has 0 saturated carbocycles. The lowest BCUT2D eigenvalue weighted by atomic mass is 10.1. The van der Waals surface area contributed by atoms with Gasteiger partial charge in [0.15, 0.2) is 18.1 Å². The van der Waals surface area contributed by atoms with E-state index >= 15 is 0 Å². The fourth-order valence-corrected chi connectivity index (χ4v) is 2.27. The molecular formula is C14H19NO4. The number of rotatable bonds is 5. The second kappa shape index (κ2) is 5.93. The normalized spacial score (nSPS) is 16.9. The van der Waals surface area contributed by atoms with Gasteiger partial charge in [-0.15, -0.1) is 0 Å². The van der Waals surface area contributed by atoms with E-state index in [0.717, 1.165) is 18.4 Å². The highest BCUT2D eigenvalue weighted by Crippen LogP contribution is 2.34. The van der Waals surface area contributed by atoms with Gasteiger partial charge in [-0.2, -0.15) is 0 Å². The fourth-order valence-electron chi connectivity index (χ4n) is 2.27. The van der Waals surface area contributed by atoms with Gasteiger partial charge in [-0.05, 0) is 43.0 Å². The van der Waals surface area contributed by atoms with Gasteiger partial charge in [0.25, 0.3) is 0 Å². The molecule has 0 amide bonds. The molecule has 1 aromatic carbocycles. The van der Waals surface area contributed by atoms with Crippen molar-refractivity contribution in [1.29, 1.82) is 0 Å². The van der Waals surface area contributed by atoms with Crippen LogP contribution in [0.25, 0.3) is 0 Å². The Hall–Kier alpha value is -1.75. The largest absolute Gasteiger partial charge is 0.493 e. The summed E-state index contributed by atoms with van der Waals surface area (Å²) < 4.78 is 15.6. The third kappa shape index (κ3) is 3.17. The third-order valence-corrected chi connectivity index (χ3v) is 3.10. The number of methoxy groups -OCH3 is 1. The molecule has 1 unspecified atom stereocenters. The second-order valence-corrected chi connectivity index (χ2v) is 4.53. The van der Waals surface area contributed by atoms with Crippen LogP contribution >= 0.6 is 0 Å². The number of hydrogen-bond donors (Lipinski definition) is 1. The van der Waals surface area contributed by atoms with Crippen molar-refractivity contribution < 1.29 is 19.0 Å². The Morgan fingerprint density at radius 3 is 2.53 bits per heavy atom. The summed E-state index contributed by atoms with van der Waals surface area (Å²) in [4.78, 5) is 11.3. The van der Waals surface area contributed by atoms with Gasteiger partial charge in [0.2, 0.25) is 0 Å². The summed E-state index contributed by atoms with van der Waals surface area (Å²) in [5.41, 5.74) is 8.28. The van der Waals surface area contributed by atoms with E-state index < -0.39 is 0 Å². The van der Waals surface area contributed by atoms with Crippen LogP contribution in [-0.4, -0.2) is 32.3 Å². The number of fused-ring (bicyclic) bond motifs is 1. The van der Waals surface area contributed by atoms with Gasteiger partial charge in [0.1, 0.15) is 0 Å². The Balaban J connectivity index is 2.12. The maximum Gasteiger partial charge on any atom is 0.344 e. The molecule has 2 rings (SSSR count). The summed E-state index contributed by atoms with van der Waals surface area (Å²) in [5, 5.41) is 0. The molecule has 0 heterocycles. The van der Waals surface area contributed by atoms with Gasteiger partial charge in [-0.3, -0.25) is 0 Å². The predicted octanol–water partition coefficient (Wildman–Crippen LogP) is 1.06. The molecule has 1 aromatic rings. The molecule has 0 aromatic heterocycles. The SMILES string of the molecule is CCOC(=O)COc1cc2c(cc1OC)CC(N)C2. The van der Waals surface area contributed by atoms with E-state index in [1.54, 1.807) is 14.0 Å². The molecule has 0 bridgehead atoms.